The van der Waals surface area contributed by atoms with E-state index >= 15 is 0 Å². The monoisotopic (exact) mass is 1490 g/mol. The number of benzene rings is 4. The van der Waals surface area contributed by atoms with Gasteiger partial charge in [0.15, 0.2) is 24.7 Å². The van der Waals surface area contributed by atoms with Crippen LogP contribution >= 0.6 is 0 Å². The molecule has 0 aliphatic carbocycles. The van der Waals surface area contributed by atoms with Crippen molar-refractivity contribution in [3.63, 3.8) is 0 Å². The van der Waals surface area contributed by atoms with Gasteiger partial charge in [0, 0.05) is 77.8 Å². The number of hydrogen-bond acceptors (Lipinski definition) is 24. The van der Waals surface area contributed by atoms with Crippen LogP contribution in [0.25, 0.3) is 0 Å². The Morgan fingerprint density at radius 1 is 0.381 bits per heavy atom. The molecule has 15 N–H and O–H groups in total. The van der Waals surface area contributed by atoms with Crippen molar-refractivity contribution in [3.05, 3.63) is 188 Å². The van der Waals surface area contributed by atoms with Crippen molar-refractivity contribution < 1.29 is 134 Å². The third kappa shape index (κ3) is 19.3. The minimum atomic E-state index is -1.95. The number of rotatable bonds is 20. The molecule has 20 unspecified atom stereocenters. The largest absolute Gasteiger partial charge is 0.443 e. The number of nitrogens with zero attached hydrogens (tertiary/aromatic N) is 5. The van der Waals surface area contributed by atoms with Crippen molar-refractivity contribution >= 4 is 0 Å². The molecule has 0 radical (unpaired) electrons. The van der Waals surface area contributed by atoms with E-state index in [9.17, 15) is 81.1 Å². The molecule has 4 fully saturated rings. The Morgan fingerprint density at radius 3 is 0.952 bits per heavy atom. The predicted octanol–water partition coefficient (Wildman–Crippen LogP) is 2.43. The molecule has 0 bridgehead atoms. The highest BCUT2D eigenvalue weighted by molar-refractivity contribution is 5.40. The first kappa shape index (κ1) is 80.8. The van der Waals surface area contributed by atoms with E-state index in [-0.39, 0.29) is 59.6 Å². The molecule has 4 aliphatic rings. The number of ether oxygens (including phenoxy) is 8. The maximum Gasteiger partial charge on any atom is 0.239 e. The molecule has 4 aromatic heterocycles. The van der Waals surface area contributed by atoms with Crippen LogP contribution in [0.2, 0.25) is 0 Å². The number of halogens is 8. The number of aliphatic hydroxyl groups excluding tert-OH is 12. The number of H-pyrrole nitrogens is 3. The Bertz CT molecular complexity index is 3920. The molecule has 0 amide bonds. The maximum absolute atomic E-state index is 13.9. The topological polar surface area (TPSA) is 420 Å². The first-order chi connectivity index (χ1) is 50.0. The lowest BCUT2D eigenvalue weighted by molar-refractivity contribution is -0.266. The quantitative estimate of drug-likeness (QED) is 0.0487. The summed E-state index contributed by atoms with van der Waals surface area (Å²) in [6.07, 6.45) is -31.4. The fraction of sp³-hybridized carbons (Fsp3) is 0.478. The van der Waals surface area contributed by atoms with Crippen LogP contribution in [-0.2, 0) is 51.7 Å². The summed E-state index contributed by atoms with van der Waals surface area (Å²) in [5.74, 6) is -1.14. The van der Waals surface area contributed by atoms with Gasteiger partial charge in [-0.25, -0.2) is 35.1 Å². The molecule has 8 heterocycles. The third-order valence-corrected chi connectivity index (χ3v) is 17.9. The highest BCUT2D eigenvalue weighted by Gasteiger charge is 2.50. The molecule has 0 saturated carbocycles. The van der Waals surface area contributed by atoms with E-state index < -0.39 is 150 Å². The Hall–Kier alpha value is -8.28. The minimum absolute atomic E-state index is 0.0380. The summed E-state index contributed by atoms with van der Waals surface area (Å²) in [4.78, 5) is 0. The summed E-state index contributed by atoms with van der Waals surface area (Å²) in [5.41, 5.74) is 7.57. The summed E-state index contributed by atoms with van der Waals surface area (Å²) >= 11 is 0. The van der Waals surface area contributed by atoms with Gasteiger partial charge in [0.25, 0.3) is 0 Å². The second kappa shape index (κ2) is 36.3. The lowest BCUT2D eigenvalue weighted by Gasteiger charge is -2.38. The molecular weight excluding hydrogens is 1410 g/mol. The zero-order chi connectivity index (χ0) is 76.2. The van der Waals surface area contributed by atoms with Gasteiger partial charge in [-0.2, -0.15) is 0 Å². The average molecular weight is 1500 g/mol. The van der Waals surface area contributed by atoms with E-state index in [1.165, 1.54) is 36.4 Å². The van der Waals surface area contributed by atoms with Crippen molar-refractivity contribution in [1.82, 2.24) is 40.4 Å². The van der Waals surface area contributed by atoms with E-state index in [4.69, 9.17) is 53.2 Å². The Labute approximate surface area is 593 Å². The molecule has 105 heavy (non-hydrogen) atoms. The molecule has 574 valence electrons. The highest BCUT2D eigenvalue weighted by atomic mass is 19.2. The normalized spacial score (nSPS) is 28.8. The zero-order valence-corrected chi connectivity index (χ0v) is 56.8. The number of hydrogen-bond donors (Lipinski definition) is 15. The first-order valence-corrected chi connectivity index (χ1v) is 32.9. The molecule has 0 spiro atoms. The summed E-state index contributed by atoms with van der Waals surface area (Å²) in [5, 5.41) is 140. The SMILES string of the molecule is Cc1[nH]nc(OC2OC(CO)C(F)C(O)C2O)c1Cc1ccc(F)cc1.Cc1[nH]nc(OC2OC(CO)C(F)C(O)C2O)c1Cc1ccccc1F.Cc1[nH]nc(OC2OC(CO)C(F)C(O)C2O)c1Cc1ccccc1F.Cc1c(Cc2ccc(F)cc2)c(OC2OC(CO)C(F)C(O)C2O)nn1C. The van der Waals surface area contributed by atoms with Crippen molar-refractivity contribution in [1.29, 1.82) is 0 Å². The summed E-state index contributed by atoms with van der Waals surface area (Å²) in [7, 11) is 1.71. The van der Waals surface area contributed by atoms with Gasteiger partial charge in [0.1, 0.15) is 96.5 Å². The summed E-state index contributed by atoms with van der Waals surface area (Å²) < 4.78 is 154. The number of nitrogens with one attached hydrogen (secondary N) is 3. The van der Waals surface area contributed by atoms with Crippen LogP contribution in [0.4, 0.5) is 35.1 Å². The van der Waals surface area contributed by atoms with Gasteiger partial charge >= 0.3 is 0 Å². The van der Waals surface area contributed by atoms with Crippen LogP contribution in [0.1, 0.15) is 67.3 Å². The van der Waals surface area contributed by atoms with Gasteiger partial charge in [-0.05, 0) is 86.3 Å². The van der Waals surface area contributed by atoms with E-state index in [0.717, 1.165) is 16.8 Å². The van der Waals surface area contributed by atoms with Crippen molar-refractivity contribution in [2.75, 3.05) is 26.4 Å². The first-order valence-electron chi connectivity index (χ1n) is 32.9. The van der Waals surface area contributed by atoms with E-state index in [1.54, 1.807) is 93.2 Å². The van der Waals surface area contributed by atoms with Crippen molar-refractivity contribution in [3.8, 4) is 23.5 Å². The van der Waals surface area contributed by atoms with Crippen molar-refractivity contribution in [2.45, 2.75) is 176 Å². The lowest BCUT2D eigenvalue weighted by atomic mass is 10.0. The van der Waals surface area contributed by atoms with Gasteiger partial charge in [-0.1, -0.05) is 60.7 Å². The Kier molecular flexibility index (Phi) is 28.0. The third-order valence-electron chi connectivity index (χ3n) is 17.9. The maximum atomic E-state index is 13.9. The van der Waals surface area contributed by atoms with E-state index in [0.29, 0.717) is 63.3 Å². The van der Waals surface area contributed by atoms with Gasteiger partial charge in [-0.3, -0.25) is 20.0 Å². The highest BCUT2D eigenvalue weighted by Crippen LogP contribution is 2.35. The second-order valence-corrected chi connectivity index (χ2v) is 25.1. The molecule has 4 aliphatic heterocycles. The van der Waals surface area contributed by atoms with Crippen LogP contribution in [-0.4, -0.2) is 251 Å². The number of aliphatic hydroxyl groups is 12. The summed E-state index contributed by atoms with van der Waals surface area (Å²) in [6, 6.07) is 24.4. The molecule has 12 rings (SSSR count). The van der Waals surface area contributed by atoms with Gasteiger partial charge in [0.05, 0.1) is 26.4 Å². The molecule has 4 aromatic carbocycles. The molecule has 36 heteroatoms. The van der Waals surface area contributed by atoms with Crippen LogP contribution < -0.4 is 18.9 Å². The number of aromatic amines is 3. The molecule has 4 saturated heterocycles. The lowest BCUT2D eigenvalue weighted by Crippen LogP contribution is -2.58. The Balaban J connectivity index is 0.000000162. The molecule has 8 aromatic rings. The zero-order valence-electron chi connectivity index (χ0n) is 56.8. The standard InChI is InChI=1S/C18H22F2N2O5.3C17H20F2N2O5/c1-9-12(7-10-3-5-11(19)6-4-10)17(21-22(9)2)27-18-16(25)15(24)14(20)13(8-23)26-18;1-8-11(6-9-2-4-10(18)5-3-9)16(21-20-8)26-17-15(24)14(23)13(19)12(7-22)25-17;2*1-8-10(6-9-4-2-3-5-11(9)18)16(21-20-8)26-17-15(24)14(23)13(19)12(7-22)25-17/h3-6,13-16,18,23-25H,7-8H2,1-2H3;3*2-5,12-15,17,22-24H,6-7H2,1H3,(H,20,21). The van der Waals surface area contributed by atoms with Crippen LogP contribution in [0.15, 0.2) is 97.1 Å². The molecular formula is C69H82F8N8O20. The molecule has 28 nitrogen and oxygen atoms in total. The van der Waals surface area contributed by atoms with Crippen molar-refractivity contribution in [2.24, 2.45) is 7.05 Å². The fourth-order valence-corrected chi connectivity index (χ4v) is 11.4. The van der Waals surface area contributed by atoms with Gasteiger partial charge < -0.3 is 99.2 Å². The van der Waals surface area contributed by atoms with Crippen LogP contribution in [0, 0.1) is 51.0 Å². The fourth-order valence-electron chi connectivity index (χ4n) is 11.4. The smallest absolute Gasteiger partial charge is 0.239 e. The van der Waals surface area contributed by atoms with Crippen LogP contribution in [0.5, 0.6) is 23.5 Å². The van der Waals surface area contributed by atoms with Crippen LogP contribution in [0.3, 0.4) is 0 Å². The number of aromatic nitrogens is 8. The van der Waals surface area contributed by atoms with E-state index in [2.05, 4.69) is 35.7 Å². The molecule has 20 atom stereocenters. The summed E-state index contributed by atoms with van der Waals surface area (Å²) in [6.45, 7) is 4.30. The second-order valence-electron chi connectivity index (χ2n) is 25.1. The number of aryl methyl sites for hydroxylation is 4. The number of alkyl halides is 4. The van der Waals surface area contributed by atoms with Gasteiger partial charge in [0.2, 0.25) is 48.7 Å². The van der Waals surface area contributed by atoms with E-state index in [1.807, 2.05) is 6.92 Å². The van der Waals surface area contributed by atoms with Gasteiger partial charge in [-0.15, -0.1) is 20.4 Å². The Morgan fingerprint density at radius 2 is 0.657 bits per heavy atom. The minimum Gasteiger partial charge on any atom is -0.443 e. The average Bonchev–Trinajstić information content (AvgIpc) is 1.80. The predicted molar refractivity (Wildman–Crippen MR) is 348 cm³/mol.